The molecule has 0 saturated carbocycles. The molecule has 1 fully saturated rings. The monoisotopic (exact) mass is 341 g/mol. The number of benzene rings is 1. The number of hydrogen-bond donors (Lipinski definition) is 1. The number of amides is 1. The summed E-state index contributed by atoms with van der Waals surface area (Å²) in [7, 11) is 1.65. The first-order chi connectivity index (χ1) is 11.7. The van der Waals surface area contributed by atoms with E-state index >= 15 is 0 Å². The van der Waals surface area contributed by atoms with Gasteiger partial charge in [0, 0.05) is 6.04 Å². The van der Waals surface area contributed by atoms with Crippen LogP contribution in [0.5, 0.6) is 5.75 Å². The van der Waals surface area contributed by atoms with E-state index in [1.807, 2.05) is 17.5 Å². The van der Waals surface area contributed by atoms with E-state index in [1.54, 1.807) is 13.2 Å². The molecule has 1 aliphatic rings. The number of rotatable bonds is 5. The van der Waals surface area contributed by atoms with Gasteiger partial charge in [-0.05, 0) is 48.5 Å². The molecule has 0 spiro atoms. The minimum absolute atomic E-state index is 0.0747. The van der Waals surface area contributed by atoms with Crippen molar-refractivity contribution in [3.8, 4) is 11.8 Å². The molecule has 0 aliphatic carbocycles. The molecule has 0 unspecified atom stereocenters. The van der Waals surface area contributed by atoms with Gasteiger partial charge in [0.2, 0.25) is 5.91 Å². The smallest absolute Gasteiger partial charge is 0.239 e. The molecule has 0 radical (unpaired) electrons. The Hall–Kier alpha value is -2.36. The molecule has 5 nitrogen and oxygen atoms in total. The van der Waals surface area contributed by atoms with Gasteiger partial charge in [-0.25, -0.2) is 0 Å². The summed E-state index contributed by atoms with van der Waals surface area (Å²) in [5.74, 6) is 0.761. The molecule has 1 aliphatic heterocycles. The number of nitrogens with zero attached hydrogens (tertiary/aromatic N) is 2. The van der Waals surface area contributed by atoms with E-state index in [4.69, 9.17) is 10.00 Å². The Labute approximate surface area is 145 Å². The predicted molar refractivity (Wildman–Crippen MR) is 94.2 cm³/mol. The van der Waals surface area contributed by atoms with Gasteiger partial charge in [0.25, 0.3) is 0 Å². The molecule has 1 aromatic carbocycles. The summed E-state index contributed by atoms with van der Waals surface area (Å²) < 4.78 is 5.20. The first-order valence-electron chi connectivity index (χ1n) is 7.86. The topological polar surface area (TPSA) is 65.4 Å². The normalized spacial score (nSPS) is 17.4. The van der Waals surface area contributed by atoms with E-state index in [2.05, 4.69) is 28.4 Å². The lowest BCUT2D eigenvalue weighted by atomic mass is 10.0. The summed E-state index contributed by atoms with van der Waals surface area (Å²) >= 11 is 1.37. The summed E-state index contributed by atoms with van der Waals surface area (Å²) in [5, 5.41) is 14.3. The second-order valence-electron chi connectivity index (χ2n) is 5.73. The molecule has 24 heavy (non-hydrogen) atoms. The van der Waals surface area contributed by atoms with Crippen molar-refractivity contribution in [3.63, 3.8) is 0 Å². The highest BCUT2D eigenvalue weighted by Gasteiger charge is 2.27. The van der Waals surface area contributed by atoms with Gasteiger partial charge in [0.05, 0.1) is 19.2 Å². The van der Waals surface area contributed by atoms with Crippen LogP contribution in [-0.4, -0.2) is 31.0 Å². The fraction of sp³-hybridized carbons (Fsp3) is 0.333. The zero-order valence-electron chi connectivity index (χ0n) is 13.5. The minimum Gasteiger partial charge on any atom is -0.497 e. The summed E-state index contributed by atoms with van der Waals surface area (Å²) in [5.41, 5.74) is 1.72. The number of nitrogens with one attached hydrogen (secondary N) is 1. The maximum absolute atomic E-state index is 12.3. The maximum Gasteiger partial charge on any atom is 0.239 e. The van der Waals surface area contributed by atoms with Crippen molar-refractivity contribution in [2.75, 3.05) is 25.5 Å². The van der Waals surface area contributed by atoms with Crippen molar-refractivity contribution in [3.05, 3.63) is 46.8 Å². The fourth-order valence-corrected chi connectivity index (χ4v) is 3.82. The van der Waals surface area contributed by atoms with Crippen LogP contribution in [0.15, 0.2) is 35.7 Å². The van der Waals surface area contributed by atoms with Crippen LogP contribution in [0.4, 0.5) is 5.00 Å². The molecule has 124 valence electrons. The molecule has 1 amide bonds. The fourth-order valence-electron chi connectivity index (χ4n) is 3.06. The molecule has 0 bridgehead atoms. The lowest BCUT2D eigenvalue weighted by molar-refractivity contribution is -0.117. The zero-order valence-corrected chi connectivity index (χ0v) is 14.3. The van der Waals surface area contributed by atoms with E-state index in [0.717, 1.165) is 25.1 Å². The molecule has 1 atom stereocenters. The third-order valence-electron chi connectivity index (χ3n) is 4.25. The molecule has 3 rings (SSSR count). The van der Waals surface area contributed by atoms with Gasteiger partial charge in [-0.3, -0.25) is 9.69 Å². The molecule has 2 heterocycles. The van der Waals surface area contributed by atoms with Crippen LogP contribution < -0.4 is 10.1 Å². The van der Waals surface area contributed by atoms with Crippen molar-refractivity contribution in [2.45, 2.75) is 18.9 Å². The van der Waals surface area contributed by atoms with Crippen molar-refractivity contribution < 1.29 is 9.53 Å². The highest BCUT2D eigenvalue weighted by atomic mass is 32.1. The van der Waals surface area contributed by atoms with Crippen LogP contribution in [0, 0.1) is 11.3 Å². The number of likely N-dealkylation sites (tertiary alicyclic amines) is 1. The number of ether oxygens (including phenoxy) is 1. The Bertz CT molecular complexity index is 748. The Kier molecular flexibility index (Phi) is 5.14. The molecular weight excluding hydrogens is 322 g/mol. The Balaban J connectivity index is 1.65. The lowest BCUT2D eigenvalue weighted by Gasteiger charge is -2.24. The van der Waals surface area contributed by atoms with E-state index in [-0.39, 0.29) is 11.9 Å². The van der Waals surface area contributed by atoms with Crippen molar-refractivity contribution in [1.29, 1.82) is 5.26 Å². The lowest BCUT2D eigenvalue weighted by Crippen LogP contribution is -2.32. The first kappa shape index (κ1) is 16.5. The van der Waals surface area contributed by atoms with Crippen LogP contribution >= 0.6 is 11.3 Å². The second kappa shape index (κ2) is 7.47. The zero-order chi connectivity index (χ0) is 16.9. The largest absolute Gasteiger partial charge is 0.497 e. The van der Waals surface area contributed by atoms with Gasteiger partial charge in [-0.15, -0.1) is 11.3 Å². The molecule has 1 N–H and O–H groups in total. The van der Waals surface area contributed by atoms with Crippen LogP contribution in [0.3, 0.4) is 0 Å². The number of methoxy groups -OCH3 is 1. The van der Waals surface area contributed by atoms with E-state index in [9.17, 15) is 4.79 Å². The molecule has 1 saturated heterocycles. The average molecular weight is 341 g/mol. The Morgan fingerprint density at radius 3 is 2.92 bits per heavy atom. The van der Waals surface area contributed by atoms with Gasteiger partial charge < -0.3 is 10.1 Å². The van der Waals surface area contributed by atoms with Crippen LogP contribution in [0.25, 0.3) is 0 Å². The number of carbonyl (C=O) groups is 1. The van der Waals surface area contributed by atoms with Crippen molar-refractivity contribution in [1.82, 2.24) is 4.90 Å². The number of anilines is 1. The van der Waals surface area contributed by atoms with Crippen molar-refractivity contribution >= 4 is 22.2 Å². The van der Waals surface area contributed by atoms with Crippen LogP contribution in [0.1, 0.15) is 30.0 Å². The van der Waals surface area contributed by atoms with Crippen molar-refractivity contribution in [2.24, 2.45) is 0 Å². The minimum atomic E-state index is -0.0747. The van der Waals surface area contributed by atoms with Gasteiger partial charge in [-0.1, -0.05) is 12.1 Å². The van der Waals surface area contributed by atoms with E-state index in [1.165, 1.54) is 16.9 Å². The first-order valence-corrected chi connectivity index (χ1v) is 8.74. The third-order valence-corrected chi connectivity index (χ3v) is 5.08. The summed E-state index contributed by atoms with van der Waals surface area (Å²) in [6, 6.07) is 12.1. The maximum atomic E-state index is 12.3. The van der Waals surface area contributed by atoms with Crippen LogP contribution in [-0.2, 0) is 4.79 Å². The number of thiophene rings is 1. The van der Waals surface area contributed by atoms with Gasteiger partial charge in [0.1, 0.15) is 16.8 Å². The highest BCUT2D eigenvalue weighted by molar-refractivity contribution is 7.14. The molecule has 2 aromatic rings. The number of carbonyl (C=O) groups excluding carboxylic acids is 1. The summed E-state index contributed by atoms with van der Waals surface area (Å²) in [4.78, 5) is 14.5. The quantitative estimate of drug-likeness (QED) is 0.905. The average Bonchev–Trinajstić information content (AvgIpc) is 3.24. The summed E-state index contributed by atoms with van der Waals surface area (Å²) in [6.07, 6.45) is 2.12. The SMILES string of the molecule is COc1ccc([C@@H]2CCCN2CC(=O)Nc2sccc2C#N)cc1. The van der Waals surface area contributed by atoms with E-state index in [0.29, 0.717) is 17.1 Å². The Morgan fingerprint density at radius 1 is 1.42 bits per heavy atom. The highest BCUT2D eigenvalue weighted by Crippen LogP contribution is 2.32. The van der Waals surface area contributed by atoms with Gasteiger partial charge in [0.15, 0.2) is 0 Å². The third kappa shape index (κ3) is 3.58. The Morgan fingerprint density at radius 2 is 2.21 bits per heavy atom. The van der Waals surface area contributed by atoms with Gasteiger partial charge in [-0.2, -0.15) is 5.26 Å². The summed E-state index contributed by atoms with van der Waals surface area (Å²) in [6.45, 7) is 1.24. The second-order valence-corrected chi connectivity index (χ2v) is 6.64. The van der Waals surface area contributed by atoms with Crippen LogP contribution in [0.2, 0.25) is 0 Å². The molecular formula is C18H19N3O2S. The standard InChI is InChI=1S/C18H19N3O2S/c1-23-15-6-4-13(5-7-15)16-3-2-9-21(16)12-17(22)20-18-14(11-19)8-10-24-18/h4-8,10,16H,2-3,9,12H2,1H3,(H,20,22)/t16-/m0/s1. The number of hydrogen-bond acceptors (Lipinski definition) is 5. The van der Waals surface area contributed by atoms with E-state index < -0.39 is 0 Å². The number of nitriles is 1. The van der Waals surface area contributed by atoms with Gasteiger partial charge >= 0.3 is 0 Å². The molecule has 1 aromatic heterocycles. The molecule has 6 heteroatoms. The predicted octanol–water partition coefficient (Wildman–Crippen LogP) is 3.40.